The molecule has 96 valence electrons. The van der Waals surface area contributed by atoms with Gasteiger partial charge in [-0.2, -0.15) is 0 Å². The highest BCUT2D eigenvalue weighted by molar-refractivity contribution is 9.10. The zero-order valence-electron chi connectivity index (χ0n) is 9.50. The maximum atomic E-state index is 11.5. The first kappa shape index (κ1) is 13.5. The van der Waals surface area contributed by atoms with Crippen molar-refractivity contribution in [3.63, 3.8) is 0 Å². The Morgan fingerprint density at radius 3 is 2.89 bits per heavy atom. The van der Waals surface area contributed by atoms with E-state index in [1.807, 2.05) is 12.1 Å². The molecule has 1 aromatic rings. The first-order valence-electron chi connectivity index (χ1n) is 5.57. The van der Waals surface area contributed by atoms with Crippen molar-refractivity contribution >= 4 is 39.3 Å². The van der Waals surface area contributed by atoms with E-state index in [1.165, 1.54) is 0 Å². The lowest BCUT2D eigenvalue weighted by molar-refractivity contribution is -0.134. The molecule has 6 heteroatoms. The Balaban J connectivity index is 1.93. The maximum Gasteiger partial charge on any atom is 0.243 e. The lowest BCUT2D eigenvalue weighted by atomic mass is 10.1. The van der Waals surface area contributed by atoms with Gasteiger partial charge in [-0.25, -0.2) is 0 Å². The van der Waals surface area contributed by atoms with Crippen molar-refractivity contribution in [1.82, 2.24) is 10.6 Å². The maximum absolute atomic E-state index is 11.5. The minimum Gasteiger partial charge on any atom is -0.302 e. The number of rotatable bonds is 3. The highest BCUT2D eigenvalue weighted by Gasteiger charge is 2.25. The summed E-state index contributed by atoms with van der Waals surface area (Å²) in [4.78, 5) is 22.5. The Morgan fingerprint density at radius 1 is 1.44 bits per heavy atom. The Bertz CT molecular complexity index is 493. The normalized spacial score (nSPS) is 19.8. The van der Waals surface area contributed by atoms with Crippen LogP contribution in [0.3, 0.4) is 0 Å². The molecule has 2 rings (SSSR count). The molecular weight excluding hydrogens is 320 g/mol. The zero-order valence-corrected chi connectivity index (χ0v) is 11.8. The number of carbonyl (C=O) groups is 2. The molecule has 18 heavy (non-hydrogen) atoms. The number of carbonyl (C=O) groups excluding carboxylic acids is 2. The van der Waals surface area contributed by atoms with E-state index >= 15 is 0 Å². The minimum atomic E-state index is -0.308. The third-order valence-electron chi connectivity index (χ3n) is 2.78. The Kier molecular flexibility index (Phi) is 4.37. The van der Waals surface area contributed by atoms with Crippen LogP contribution >= 0.6 is 27.5 Å². The monoisotopic (exact) mass is 330 g/mol. The minimum absolute atomic E-state index is 0.202. The highest BCUT2D eigenvalue weighted by Crippen LogP contribution is 2.23. The molecule has 1 saturated heterocycles. The first-order valence-corrected chi connectivity index (χ1v) is 6.74. The summed E-state index contributed by atoms with van der Waals surface area (Å²) in [7, 11) is 0. The van der Waals surface area contributed by atoms with E-state index in [0.29, 0.717) is 24.4 Å². The van der Waals surface area contributed by atoms with E-state index in [1.54, 1.807) is 6.07 Å². The molecule has 2 amide bonds. The summed E-state index contributed by atoms with van der Waals surface area (Å²) in [5, 5.41) is 6.09. The van der Waals surface area contributed by atoms with Gasteiger partial charge in [-0.15, -0.1) is 0 Å². The molecule has 0 aliphatic carbocycles. The van der Waals surface area contributed by atoms with E-state index < -0.39 is 0 Å². The highest BCUT2D eigenvalue weighted by atomic mass is 79.9. The summed E-state index contributed by atoms with van der Waals surface area (Å²) >= 11 is 9.25. The second-order valence-corrected chi connectivity index (χ2v) is 5.39. The van der Waals surface area contributed by atoms with Crippen LogP contribution in [0.2, 0.25) is 5.02 Å². The smallest absolute Gasteiger partial charge is 0.243 e. The third-order valence-corrected chi connectivity index (χ3v) is 3.99. The predicted molar refractivity (Wildman–Crippen MR) is 72.2 cm³/mol. The van der Waals surface area contributed by atoms with Crippen molar-refractivity contribution in [1.29, 1.82) is 0 Å². The first-order chi connectivity index (χ1) is 8.56. The number of hydrogen-bond acceptors (Lipinski definition) is 3. The van der Waals surface area contributed by atoms with Crippen LogP contribution in [-0.2, 0) is 16.1 Å². The lowest BCUT2D eigenvalue weighted by Crippen LogP contribution is -2.50. The summed E-state index contributed by atoms with van der Waals surface area (Å²) in [5.74, 6) is -0.452. The summed E-state index contributed by atoms with van der Waals surface area (Å²) < 4.78 is 0.826. The molecule has 1 heterocycles. The number of piperidine rings is 1. The molecule has 0 spiro atoms. The number of amides is 2. The summed E-state index contributed by atoms with van der Waals surface area (Å²) in [6.45, 7) is 0.558. The van der Waals surface area contributed by atoms with Crippen molar-refractivity contribution in [3.05, 3.63) is 33.3 Å². The molecule has 1 fully saturated rings. The number of imide groups is 1. The van der Waals surface area contributed by atoms with Gasteiger partial charge in [-0.05, 0) is 40.0 Å². The lowest BCUT2D eigenvalue weighted by Gasteiger charge is -2.21. The van der Waals surface area contributed by atoms with Crippen LogP contribution in [-0.4, -0.2) is 17.9 Å². The molecule has 2 N–H and O–H groups in total. The number of halogens is 2. The molecule has 1 aliphatic heterocycles. The number of hydrogen-bond donors (Lipinski definition) is 2. The quantitative estimate of drug-likeness (QED) is 0.833. The van der Waals surface area contributed by atoms with Crippen LogP contribution < -0.4 is 10.6 Å². The molecule has 1 aromatic carbocycles. The zero-order chi connectivity index (χ0) is 13.1. The van der Waals surface area contributed by atoms with Crippen molar-refractivity contribution in [3.8, 4) is 0 Å². The van der Waals surface area contributed by atoms with Crippen molar-refractivity contribution in [2.24, 2.45) is 0 Å². The summed E-state index contributed by atoms with van der Waals surface area (Å²) in [5.41, 5.74) is 1.02. The molecule has 4 nitrogen and oxygen atoms in total. The standard InChI is InChI=1S/C12H12BrClN2O2/c13-8-5-7(1-2-9(8)14)6-15-10-3-4-11(17)16-12(10)18/h1-2,5,10,15H,3-4,6H2,(H,16,17,18). The van der Waals surface area contributed by atoms with Gasteiger partial charge in [-0.3, -0.25) is 14.9 Å². The van der Waals surface area contributed by atoms with Crippen molar-refractivity contribution in [2.45, 2.75) is 25.4 Å². The molecule has 1 atom stereocenters. The van der Waals surface area contributed by atoms with Crippen molar-refractivity contribution in [2.75, 3.05) is 0 Å². The number of nitrogens with one attached hydrogen (secondary N) is 2. The van der Waals surface area contributed by atoms with E-state index in [4.69, 9.17) is 11.6 Å². The average Bonchev–Trinajstić information content (AvgIpc) is 2.32. The fourth-order valence-electron chi connectivity index (χ4n) is 1.78. The molecular formula is C12H12BrClN2O2. The van der Waals surface area contributed by atoms with Crippen LogP contribution in [0.4, 0.5) is 0 Å². The number of benzene rings is 1. The SMILES string of the molecule is O=C1CCC(NCc2ccc(Cl)c(Br)c2)C(=O)N1. The Labute approximate surface area is 118 Å². The van der Waals surface area contributed by atoms with Crippen LogP contribution in [0.15, 0.2) is 22.7 Å². The second kappa shape index (κ2) is 5.82. The molecule has 0 bridgehead atoms. The van der Waals surface area contributed by atoms with Gasteiger partial charge in [0.15, 0.2) is 0 Å². The van der Waals surface area contributed by atoms with E-state index in [9.17, 15) is 9.59 Å². The van der Waals surface area contributed by atoms with Gasteiger partial charge in [0.25, 0.3) is 0 Å². The molecule has 0 saturated carbocycles. The van der Waals surface area contributed by atoms with Crippen LogP contribution in [0.5, 0.6) is 0 Å². The van der Waals surface area contributed by atoms with Gasteiger partial charge in [0.05, 0.1) is 11.1 Å². The Morgan fingerprint density at radius 2 is 2.22 bits per heavy atom. The van der Waals surface area contributed by atoms with E-state index in [-0.39, 0.29) is 17.9 Å². The van der Waals surface area contributed by atoms with Gasteiger partial charge in [0.2, 0.25) is 11.8 Å². The van der Waals surface area contributed by atoms with Gasteiger partial charge in [0.1, 0.15) is 0 Å². The van der Waals surface area contributed by atoms with E-state index in [0.717, 1.165) is 10.0 Å². The fraction of sp³-hybridized carbons (Fsp3) is 0.333. The van der Waals surface area contributed by atoms with Crippen molar-refractivity contribution < 1.29 is 9.59 Å². The second-order valence-electron chi connectivity index (χ2n) is 4.13. The Hall–Kier alpha value is -0.910. The molecule has 0 radical (unpaired) electrons. The molecule has 0 aromatic heterocycles. The van der Waals surface area contributed by atoms with Crippen LogP contribution in [0.25, 0.3) is 0 Å². The van der Waals surface area contributed by atoms with Gasteiger partial charge in [0, 0.05) is 17.4 Å². The van der Waals surface area contributed by atoms with E-state index in [2.05, 4.69) is 26.6 Å². The van der Waals surface area contributed by atoms with Crippen LogP contribution in [0.1, 0.15) is 18.4 Å². The summed E-state index contributed by atoms with van der Waals surface area (Å²) in [6.07, 6.45) is 0.924. The average molecular weight is 332 g/mol. The van der Waals surface area contributed by atoms with Gasteiger partial charge >= 0.3 is 0 Å². The molecule has 1 aliphatic rings. The topological polar surface area (TPSA) is 58.2 Å². The van der Waals surface area contributed by atoms with Gasteiger partial charge < -0.3 is 5.32 Å². The van der Waals surface area contributed by atoms with Gasteiger partial charge in [-0.1, -0.05) is 17.7 Å². The fourth-order valence-corrected chi connectivity index (χ4v) is 2.32. The summed E-state index contributed by atoms with van der Waals surface area (Å²) in [6, 6.07) is 5.29. The largest absolute Gasteiger partial charge is 0.302 e. The predicted octanol–water partition coefficient (Wildman–Crippen LogP) is 2.00. The third kappa shape index (κ3) is 3.31. The molecule has 1 unspecified atom stereocenters. The van der Waals surface area contributed by atoms with Crippen LogP contribution in [0, 0.1) is 0 Å².